The highest BCUT2D eigenvalue weighted by atomic mass is 35.5. The summed E-state index contributed by atoms with van der Waals surface area (Å²) in [6, 6.07) is 11.8. The number of amides is 1. The van der Waals surface area contributed by atoms with Gasteiger partial charge in [-0.2, -0.15) is 5.10 Å². The molecule has 1 atom stereocenters. The number of carbonyl (C=O) groups excluding carboxylic acids is 1. The summed E-state index contributed by atoms with van der Waals surface area (Å²) < 4.78 is 2.78. The standard InChI is InChI=1S/C20H21ClN6O2/c1-15(27-19(28)7-6-18(23-27)26-9-3-8-22-26)20(29)25-12-10-24(11-13-25)17-5-2-4-16(21)14-17/h2-9,14-15H,10-13H2,1H3. The minimum atomic E-state index is -0.698. The van der Waals surface area contributed by atoms with Crippen LogP contribution in [0.2, 0.25) is 5.02 Å². The lowest BCUT2D eigenvalue weighted by Crippen LogP contribution is -2.51. The number of aromatic nitrogens is 4. The van der Waals surface area contributed by atoms with E-state index in [0.717, 1.165) is 5.69 Å². The molecule has 29 heavy (non-hydrogen) atoms. The van der Waals surface area contributed by atoms with Gasteiger partial charge in [-0.15, -0.1) is 5.10 Å². The van der Waals surface area contributed by atoms with Gasteiger partial charge < -0.3 is 9.80 Å². The van der Waals surface area contributed by atoms with Crippen LogP contribution in [-0.4, -0.2) is 56.5 Å². The molecule has 3 aromatic rings. The van der Waals surface area contributed by atoms with E-state index in [1.807, 2.05) is 24.3 Å². The summed E-state index contributed by atoms with van der Waals surface area (Å²) >= 11 is 6.08. The normalized spacial score (nSPS) is 15.4. The van der Waals surface area contributed by atoms with E-state index in [-0.39, 0.29) is 11.5 Å². The van der Waals surface area contributed by atoms with Crippen molar-refractivity contribution in [1.29, 1.82) is 0 Å². The zero-order valence-electron chi connectivity index (χ0n) is 16.0. The zero-order valence-corrected chi connectivity index (χ0v) is 16.7. The van der Waals surface area contributed by atoms with Crippen molar-refractivity contribution in [1.82, 2.24) is 24.5 Å². The summed E-state index contributed by atoms with van der Waals surface area (Å²) in [5.74, 6) is 0.364. The van der Waals surface area contributed by atoms with E-state index in [1.54, 1.807) is 41.0 Å². The summed E-state index contributed by atoms with van der Waals surface area (Å²) in [6.45, 7) is 4.25. The molecule has 0 saturated carbocycles. The number of carbonyl (C=O) groups is 1. The minimum Gasteiger partial charge on any atom is -0.368 e. The SMILES string of the molecule is CC(C(=O)N1CCN(c2cccc(Cl)c2)CC1)n1nc(-n2cccn2)ccc1=O. The van der Waals surface area contributed by atoms with Crippen LogP contribution in [0, 0.1) is 0 Å². The van der Waals surface area contributed by atoms with Crippen LogP contribution in [0.1, 0.15) is 13.0 Å². The third kappa shape index (κ3) is 4.02. The molecule has 0 aliphatic carbocycles. The van der Waals surface area contributed by atoms with Crippen LogP contribution in [0.3, 0.4) is 0 Å². The van der Waals surface area contributed by atoms with Crippen molar-refractivity contribution in [3.05, 3.63) is 70.2 Å². The molecule has 1 aromatic carbocycles. The second-order valence-corrected chi connectivity index (χ2v) is 7.33. The van der Waals surface area contributed by atoms with Crippen molar-refractivity contribution in [2.24, 2.45) is 0 Å². The smallest absolute Gasteiger partial charge is 0.267 e. The molecule has 1 unspecified atom stereocenters. The molecule has 0 bridgehead atoms. The maximum atomic E-state index is 13.0. The average molecular weight is 413 g/mol. The first-order chi connectivity index (χ1) is 14.0. The van der Waals surface area contributed by atoms with Crippen molar-refractivity contribution >= 4 is 23.2 Å². The van der Waals surface area contributed by atoms with Crippen molar-refractivity contribution < 1.29 is 4.79 Å². The molecule has 3 heterocycles. The largest absolute Gasteiger partial charge is 0.368 e. The van der Waals surface area contributed by atoms with E-state index in [2.05, 4.69) is 15.1 Å². The van der Waals surface area contributed by atoms with Gasteiger partial charge >= 0.3 is 0 Å². The monoisotopic (exact) mass is 412 g/mol. The van der Waals surface area contributed by atoms with Gasteiger partial charge in [0.1, 0.15) is 6.04 Å². The minimum absolute atomic E-state index is 0.122. The highest BCUT2D eigenvalue weighted by molar-refractivity contribution is 6.30. The summed E-state index contributed by atoms with van der Waals surface area (Å²) in [5, 5.41) is 9.15. The molecule has 0 radical (unpaired) electrons. The molecule has 1 saturated heterocycles. The molecule has 9 heteroatoms. The summed E-state index contributed by atoms with van der Waals surface area (Å²) in [7, 11) is 0. The molecule has 8 nitrogen and oxygen atoms in total. The second kappa shape index (κ2) is 8.08. The van der Waals surface area contributed by atoms with E-state index >= 15 is 0 Å². The van der Waals surface area contributed by atoms with Crippen LogP contribution in [0.15, 0.2) is 59.7 Å². The molecule has 4 rings (SSSR count). The Morgan fingerprint density at radius 3 is 2.59 bits per heavy atom. The highest BCUT2D eigenvalue weighted by Gasteiger charge is 2.27. The molecule has 150 valence electrons. The third-order valence-electron chi connectivity index (χ3n) is 5.04. The van der Waals surface area contributed by atoms with Gasteiger partial charge in [-0.25, -0.2) is 9.36 Å². The molecular formula is C20H21ClN6O2. The summed E-state index contributed by atoms with van der Waals surface area (Å²) in [5.41, 5.74) is 0.724. The molecule has 1 amide bonds. The van der Waals surface area contributed by atoms with Crippen LogP contribution in [-0.2, 0) is 4.79 Å². The van der Waals surface area contributed by atoms with Gasteiger partial charge in [0.25, 0.3) is 5.56 Å². The molecule has 1 aliphatic heterocycles. The number of rotatable bonds is 4. The first-order valence-electron chi connectivity index (χ1n) is 9.42. The Hall–Kier alpha value is -3.13. The summed E-state index contributed by atoms with van der Waals surface area (Å²) in [6.07, 6.45) is 3.36. The molecule has 0 N–H and O–H groups in total. The van der Waals surface area contributed by atoms with Crippen molar-refractivity contribution in [2.45, 2.75) is 13.0 Å². The molecule has 2 aromatic heterocycles. The molecule has 0 spiro atoms. The first kappa shape index (κ1) is 19.2. The number of piperazine rings is 1. The predicted molar refractivity (Wildman–Crippen MR) is 111 cm³/mol. The first-order valence-corrected chi connectivity index (χ1v) is 9.80. The van der Waals surface area contributed by atoms with Crippen molar-refractivity contribution in [3.8, 4) is 5.82 Å². The number of anilines is 1. The van der Waals surface area contributed by atoms with Gasteiger partial charge in [0, 0.05) is 55.3 Å². The highest BCUT2D eigenvalue weighted by Crippen LogP contribution is 2.21. The Balaban J connectivity index is 1.46. The van der Waals surface area contributed by atoms with E-state index < -0.39 is 6.04 Å². The van der Waals surface area contributed by atoms with Gasteiger partial charge in [0.2, 0.25) is 5.91 Å². The van der Waals surface area contributed by atoms with E-state index in [1.165, 1.54) is 10.7 Å². The van der Waals surface area contributed by atoms with Gasteiger partial charge in [0.05, 0.1) is 0 Å². The molecule has 1 aliphatic rings. The topological polar surface area (TPSA) is 76.3 Å². The molecular weight excluding hydrogens is 392 g/mol. The number of hydrogen-bond acceptors (Lipinski definition) is 5. The maximum absolute atomic E-state index is 13.0. The fourth-order valence-electron chi connectivity index (χ4n) is 3.45. The lowest BCUT2D eigenvalue weighted by Gasteiger charge is -2.37. The second-order valence-electron chi connectivity index (χ2n) is 6.89. The lowest BCUT2D eigenvalue weighted by molar-refractivity contribution is -0.135. The Bertz CT molecular complexity index is 1060. The Kier molecular flexibility index (Phi) is 5.35. The number of halogens is 1. The van der Waals surface area contributed by atoms with E-state index in [0.29, 0.717) is 37.0 Å². The Labute approximate surface area is 172 Å². The fraction of sp³-hybridized carbons (Fsp3) is 0.300. The van der Waals surface area contributed by atoms with Crippen LogP contribution in [0.5, 0.6) is 0 Å². The summed E-state index contributed by atoms with van der Waals surface area (Å²) in [4.78, 5) is 29.3. The maximum Gasteiger partial charge on any atom is 0.267 e. The average Bonchev–Trinajstić information content (AvgIpc) is 3.28. The van der Waals surface area contributed by atoms with Crippen LogP contribution >= 0.6 is 11.6 Å². The van der Waals surface area contributed by atoms with E-state index in [4.69, 9.17) is 11.6 Å². The molecule has 1 fully saturated rings. The number of nitrogens with zero attached hydrogens (tertiary/aromatic N) is 6. The van der Waals surface area contributed by atoms with Crippen LogP contribution in [0.4, 0.5) is 5.69 Å². The van der Waals surface area contributed by atoms with Crippen LogP contribution in [0.25, 0.3) is 5.82 Å². The fourth-order valence-corrected chi connectivity index (χ4v) is 3.63. The zero-order chi connectivity index (χ0) is 20.4. The van der Waals surface area contributed by atoms with Crippen LogP contribution < -0.4 is 10.5 Å². The number of hydrogen-bond donors (Lipinski definition) is 0. The number of benzene rings is 1. The quantitative estimate of drug-likeness (QED) is 0.655. The Morgan fingerprint density at radius 1 is 1.10 bits per heavy atom. The third-order valence-corrected chi connectivity index (χ3v) is 5.27. The van der Waals surface area contributed by atoms with Gasteiger partial charge in [-0.05, 0) is 37.3 Å². The van der Waals surface area contributed by atoms with Gasteiger partial charge in [-0.1, -0.05) is 17.7 Å². The van der Waals surface area contributed by atoms with Gasteiger partial charge in [-0.3, -0.25) is 9.59 Å². The van der Waals surface area contributed by atoms with Gasteiger partial charge in [0.15, 0.2) is 5.82 Å². The van der Waals surface area contributed by atoms with Crippen molar-refractivity contribution in [3.63, 3.8) is 0 Å². The predicted octanol–water partition coefficient (Wildman–Crippen LogP) is 1.99. The van der Waals surface area contributed by atoms with E-state index in [9.17, 15) is 9.59 Å². The lowest BCUT2D eigenvalue weighted by atomic mass is 10.2. The Morgan fingerprint density at radius 2 is 1.90 bits per heavy atom. The van der Waals surface area contributed by atoms with Crippen molar-refractivity contribution in [2.75, 3.05) is 31.1 Å².